The molecular weight excluding hydrogens is 445 g/mol. The van der Waals surface area contributed by atoms with E-state index in [0.29, 0.717) is 41.6 Å². The lowest BCUT2D eigenvalue weighted by atomic mass is 10.0. The van der Waals surface area contributed by atoms with Gasteiger partial charge in [0.1, 0.15) is 17.8 Å². The van der Waals surface area contributed by atoms with Gasteiger partial charge in [-0.3, -0.25) is 4.98 Å². The molecule has 3 heterocycles. The van der Waals surface area contributed by atoms with Crippen LogP contribution in [0.25, 0.3) is 0 Å². The van der Waals surface area contributed by atoms with Gasteiger partial charge < -0.3 is 21.1 Å². The molecule has 1 aromatic carbocycles. The van der Waals surface area contributed by atoms with Crippen LogP contribution in [0.1, 0.15) is 28.6 Å². The Kier molecular flexibility index (Phi) is 6.07. The van der Waals surface area contributed by atoms with Gasteiger partial charge in [0.2, 0.25) is 0 Å². The number of hydrogen-bond donors (Lipinski definition) is 3. The highest BCUT2D eigenvalue weighted by Gasteiger charge is 2.32. The molecule has 0 saturated heterocycles. The number of nitrogen functional groups attached to an aromatic ring is 1. The lowest BCUT2D eigenvalue weighted by Gasteiger charge is -2.32. The van der Waals surface area contributed by atoms with E-state index in [9.17, 15) is 18.3 Å². The number of aliphatic hydroxyl groups is 1. The highest BCUT2D eigenvalue weighted by atomic mass is 35.5. The van der Waals surface area contributed by atoms with Gasteiger partial charge in [-0.1, -0.05) is 17.7 Å². The van der Waals surface area contributed by atoms with E-state index in [1.807, 2.05) is 6.07 Å². The van der Waals surface area contributed by atoms with Gasteiger partial charge in [-0.2, -0.15) is 13.2 Å². The van der Waals surface area contributed by atoms with Gasteiger partial charge in [0.05, 0.1) is 29.7 Å². The summed E-state index contributed by atoms with van der Waals surface area (Å²) in [5, 5.41) is 13.5. The summed E-state index contributed by atoms with van der Waals surface area (Å²) in [6, 6.07) is 6.79. The van der Waals surface area contributed by atoms with Crippen LogP contribution in [-0.4, -0.2) is 33.2 Å². The first-order chi connectivity index (χ1) is 15.3. The Morgan fingerprint density at radius 2 is 2.00 bits per heavy atom. The number of benzene rings is 1. The van der Waals surface area contributed by atoms with E-state index in [1.54, 1.807) is 12.1 Å². The molecular formula is C21H20ClF3N6O. The molecule has 0 radical (unpaired) electrons. The fourth-order valence-electron chi connectivity index (χ4n) is 3.66. The number of nitrogens with two attached hydrogens (primary N) is 1. The normalized spacial score (nSPS) is 14.7. The van der Waals surface area contributed by atoms with Crippen molar-refractivity contribution in [2.45, 2.75) is 25.2 Å². The van der Waals surface area contributed by atoms with Crippen LogP contribution >= 0.6 is 11.6 Å². The van der Waals surface area contributed by atoms with Gasteiger partial charge in [0.15, 0.2) is 0 Å². The number of fused-ring (bicyclic) bond motifs is 1. The number of aromatic nitrogens is 3. The molecule has 1 aliphatic rings. The zero-order valence-electron chi connectivity index (χ0n) is 16.8. The van der Waals surface area contributed by atoms with Gasteiger partial charge in [-0.25, -0.2) is 9.97 Å². The molecule has 0 saturated carbocycles. The number of nitrogens with zero attached hydrogens (tertiary/aromatic N) is 4. The van der Waals surface area contributed by atoms with Crippen molar-refractivity contribution < 1.29 is 18.3 Å². The van der Waals surface area contributed by atoms with Gasteiger partial charge in [0.25, 0.3) is 0 Å². The van der Waals surface area contributed by atoms with E-state index < -0.39 is 17.9 Å². The summed E-state index contributed by atoms with van der Waals surface area (Å²) in [5.41, 5.74) is 8.62. The predicted molar refractivity (Wildman–Crippen MR) is 115 cm³/mol. The number of nitrogens with one attached hydrogen (secondary N) is 1. The maximum Gasteiger partial charge on any atom is 0.433 e. The number of halogens is 4. The Hall–Kier alpha value is -3.11. The van der Waals surface area contributed by atoms with Crippen molar-refractivity contribution in [2.75, 3.05) is 29.1 Å². The minimum Gasteiger partial charge on any atom is -0.397 e. The topological polar surface area (TPSA) is 100 Å². The fourth-order valence-corrected chi connectivity index (χ4v) is 3.84. The van der Waals surface area contributed by atoms with Crippen LogP contribution in [0, 0.1) is 0 Å². The summed E-state index contributed by atoms with van der Waals surface area (Å²) < 4.78 is 38.4. The highest BCUT2D eigenvalue weighted by molar-refractivity contribution is 6.31. The third kappa shape index (κ3) is 4.56. The molecule has 168 valence electrons. The quantitative estimate of drug-likeness (QED) is 0.493. The summed E-state index contributed by atoms with van der Waals surface area (Å²) in [6.07, 6.45) is -1.35. The van der Waals surface area contributed by atoms with E-state index in [1.165, 1.54) is 12.4 Å². The van der Waals surface area contributed by atoms with Gasteiger partial charge in [0, 0.05) is 36.3 Å². The van der Waals surface area contributed by atoms with Gasteiger partial charge >= 0.3 is 6.18 Å². The Balaban J connectivity index is 1.59. The van der Waals surface area contributed by atoms with Gasteiger partial charge in [-0.05, 0) is 29.8 Å². The van der Waals surface area contributed by atoms with E-state index in [0.717, 1.165) is 29.2 Å². The molecule has 0 unspecified atom stereocenters. The highest BCUT2D eigenvalue weighted by Crippen LogP contribution is 2.33. The smallest absolute Gasteiger partial charge is 0.397 e. The largest absolute Gasteiger partial charge is 0.433 e. The van der Waals surface area contributed by atoms with Crippen molar-refractivity contribution >= 4 is 28.8 Å². The molecule has 0 aliphatic carbocycles. The van der Waals surface area contributed by atoms with Crippen molar-refractivity contribution in [3.63, 3.8) is 0 Å². The predicted octanol–water partition coefficient (Wildman–Crippen LogP) is 3.83. The zero-order chi connectivity index (χ0) is 22.9. The summed E-state index contributed by atoms with van der Waals surface area (Å²) in [5.74, 6) is 0.492. The Labute approximate surface area is 187 Å². The number of alkyl halides is 3. The average Bonchev–Trinajstić information content (AvgIpc) is 2.77. The van der Waals surface area contributed by atoms with Crippen LogP contribution in [0.15, 0.2) is 42.9 Å². The van der Waals surface area contributed by atoms with E-state index in [4.69, 9.17) is 17.3 Å². The second-order valence-electron chi connectivity index (χ2n) is 7.38. The van der Waals surface area contributed by atoms with Crippen LogP contribution in [0.2, 0.25) is 5.02 Å². The Bertz CT molecular complexity index is 1110. The average molecular weight is 465 g/mol. The molecule has 7 nitrogen and oxygen atoms in total. The first-order valence-corrected chi connectivity index (χ1v) is 10.2. The SMILES string of the molecule is Nc1cc(Cl)ccc1N1CCc2ncnc(N[C@H](CO)c3ccc(C(F)(F)F)nc3)c2C1. The first-order valence-electron chi connectivity index (χ1n) is 9.79. The van der Waals surface area contributed by atoms with Crippen molar-refractivity contribution in [1.29, 1.82) is 0 Å². The number of rotatable bonds is 5. The maximum atomic E-state index is 12.8. The summed E-state index contributed by atoms with van der Waals surface area (Å²) in [4.78, 5) is 14.2. The molecule has 11 heteroatoms. The molecule has 1 atom stereocenters. The van der Waals surface area contributed by atoms with Crippen molar-refractivity contribution in [3.8, 4) is 0 Å². The van der Waals surface area contributed by atoms with Crippen LogP contribution in [0.3, 0.4) is 0 Å². The number of hydrogen-bond acceptors (Lipinski definition) is 7. The van der Waals surface area contributed by atoms with Gasteiger partial charge in [-0.15, -0.1) is 0 Å². The zero-order valence-corrected chi connectivity index (χ0v) is 17.5. The monoisotopic (exact) mass is 464 g/mol. The number of anilines is 3. The maximum absolute atomic E-state index is 12.8. The van der Waals surface area contributed by atoms with E-state index >= 15 is 0 Å². The molecule has 0 fully saturated rings. The number of aliphatic hydroxyl groups excluding tert-OH is 1. The lowest BCUT2D eigenvalue weighted by Crippen LogP contribution is -2.33. The van der Waals surface area contributed by atoms with Crippen LogP contribution in [0.5, 0.6) is 0 Å². The minimum absolute atomic E-state index is 0.361. The van der Waals surface area contributed by atoms with Crippen LogP contribution in [-0.2, 0) is 19.1 Å². The second kappa shape index (κ2) is 8.79. The van der Waals surface area contributed by atoms with E-state index in [-0.39, 0.29) is 6.61 Å². The molecule has 4 N–H and O–H groups in total. The standard InChI is InChI=1S/C21H20ClF3N6O/c22-13-2-3-18(15(26)7-13)31-6-5-16-14(9-31)20(29-11-28-16)30-17(10-32)12-1-4-19(27-8-12)21(23,24)25/h1-4,7-8,11,17,32H,5-6,9-10,26H2,(H,28,29,30)/t17-/m1/s1. The van der Waals surface area contributed by atoms with Crippen LogP contribution < -0.4 is 16.0 Å². The van der Waals surface area contributed by atoms with Crippen molar-refractivity contribution in [2.24, 2.45) is 0 Å². The Morgan fingerprint density at radius 3 is 2.66 bits per heavy atom. The number of pyridine rings is 1. The summed E-state index contributed by atoms with van der Waals surface area (Å²) in [6.45, 7) is 0.801. The van der Waals surface area contributed by atoms with E-state index in [2.05, 4.69) is 25.2 Å². The summed E-state index contributed by atoms with van der Waals surface area (Å²) in [7, 11) is 0. The summed E-state index contributed by atoms with van der Waals surface area (Å²) >= 11 is 6.01. The van der Waals surface area contributed by atoms with Crippen molar-refractivity contribution in [1.82, 2.24) is 15.0 Å². The fraction of sp³-hybridized carbons (Fsp3) is 0.286. The Morgan fingerprint density at radius 1 is 1.19 bits per heavy atom. The molecule has 0 spiro atoms. The third-order valence-electron chi connectivity index (χ3n) is 5.31. The molecule has 3 aromatic rings. The van der Waals surface area contributed by atoms with Crippen LogP contribution in [0.4, 0.5) is 30.4 Å². The molecule has 0 amide bonds. The molecule has 1 aliphatic heterocycles. The second-order valence-corrected chi connectivity index (χ2v) is 7.81. The minimum atomic E-state index is -4.53. The molecule has 32 heavy (non-hydrogen) atoms. The molecule has 4 rings (SSSR count). The lowest BCUT2D eigenvalue weighted by molar-refractivity contribution is -0.141. The molecule has 0 bridgehead atoms. The van der Waals surface area contributed by atoms with Crippen molar-refractivity contribution in [3.05, 3.63) is 70.4 Å². The third-order valence-corrected chi connectivity index (χ3v) is 5.54. The first kappa shape index (κ1) is 22.1. The molecule has 2 aromatic heterocycles.